The molecule has 0 aliphatic carbocycles. The van der Waals surface area contributed by atoms with Crippen LogP contribution >= 0.6 is 0 Å². The van der Waals surface area contributed by atoms with E-state index in [-0.39, 0.29) is 19.9 Å². The average Bonchev–Trinajstić information content (AvgIpc) is 3.89. The fraction of sp³-hybridized carbons (Fsp3) is 0.381. The summed E-state index contributed by atoms with van der Waals surface area (Å²) in [5, 5.41) is 64.3. The number of nitrogens with zero attached hydrogens (tertiary/aromatic N) is 6. The monoisotopic (exact) mass is 826 g/mol. The van der Waals surface area contributed by atoms with Crippen molar-refractivity contribution >= 4 is 46.0 Å². The van der Waals surface area contributed by atoms with Crippen molar-refractivity contribution < 1.29 is 49.7 Å². The van der Waals surface area contributed by atoms with Gasteiger partial charge in [-0.05, 0) is 37.0 Å². The Morgan fingerprint density at radius 3 is 1.93 bits per heavy atom. The first-order valence-electron chi connectivity index (χ1n) is 18.9. The molecule has 18 heteroatoms. The molecule has 8 atom stereocenters. The van der Waals surface area contributed by atoms with Gasteiger partial charge in [0, 0.05) is 42.6 Å². The molecule has 60 heavy (non-hydrogen) atoms. The van der Waals surface area contributed by atoms with Crippen LogP contribution in [-0.2, 0) is 20.8 Å². The highest BCUT2D eigenvalue weighted by atomic mass is 16.6. The number of carbonyl (C=O) groups is 2. The van der Waals surface area contributed by atoms with E-state index in [1.807, 2.05) is 43.5 Å². The summed E-state index contributed by atoms with van der Waals surface area (Å²) in [4.78, 5) is 37.8. The van der Waals surface area contributed by atoms with E-state index in [2.05, 4.69) is 31.3 Å². The number of benzene rings is 2. The Morgan fingerprint density at radius 1 is 0.850 bits per heavy atom. The number of aliphatic carboxylic acids is 1. The molecule has 7 heterocycles. The molecule has 2 aromatic carbocycles. The van der Waals surface area contributed by atoms with E-state index in [0.717, 1.165) is 35.3 Å². The summed E-state index contributed by atoms with van der Waals surface area (Å²) in [7, 11) is 0. The minimum absolute atomic E-state index is 0. The van der Waals surface area contributed by atoms with Crippen molar-refractivity contribution in [2.45, 2.75) is 96.2 Å². The van der Waals surface area contributed by atoms with Crippen molar-refractivity contribution in [1.29, 1.82) is 0 Å². The normalized spacial score (nSPS) is 26.4. The van der Waals surface area contributed by atoms with E-state index in [9.17, 15) is 30.3 Å². The molecule has 0 amide bonds. The van der Waals surface area contributed by atoms with Gasteiger partial charge in [0.2, 0.25) is 0 Å². The van der Waals surface area contributed by atoms with E-state index in [1.54, 1.807) is 27.5 Å². The number of fused-ring (bicyclic) bond motifs is 3. The van der Waals surface area contributed by atoms with Gasteiger partial charge in [-0.2, -0.15) is 0 Å². The summed E-state index contributed by atoms with van der Waals surface area (Å²) in [5.41, 5.74) is 9.01. The number of ether oxygens (including phenoxy) is 2. The van der Waals surface area contributed by atoms with Gasteiger partial charge in [-0.3, -0.25) is 9.59 Å². The van der Waals surface area contributed by atoms with Crippen LogP contribution in [0.5, 0.6) is 0 Å². The molecule has 9 N–H and O–H groups in total. The second kappa shape index (κ2) is 17.0. The van der Waals surface area contributed by atoms with E-state index >= 15 is 0 Å². The molecule has 4 aromatic heterocycles. The summed E-state index contributed by atoms with van der Waals surface area (Å²) in [6.45, 7) is 6.27. The number of aliphatic hydroxyl groups excluding tert-OH is 3. The highest BCUT2D eigenvalue weighted by Crippen LogP contribution is 2.46. The van der Waals surface area contributed by atoms with Gasteiger partial charge in [-0.1, -0.05) is 62.9 Å². The average molecular weight is 827 g/mol. The second-order valence-corrected chi connectivity index (χ2v) is 15.0. The molecule has 0 radical (unpaired) electrons. The van der Waals surface area contributed by atoms with Crippen molar-refractivity contribution in [3.63, 3.8) is 0 Å². The SMILES string of the molecule is C.CC(=O)O.CC[C@H]1OC(n2cc(-c3ccccc3C=O)c3c(N)ncnc32)[C@](C)(O)[C@@H]1O.C[C@]1(O)C(n2cc3c4c(ncnc42)NCc2ccccc2-3)O[C@H](CO)[C@H]1O. The molecular formula is C42H50N8O10. The molecule has 18 nitrogen and oxygen atoms in total. The molecule has 0 spiro atoms. The highest BCUT2D eigenvalue weighted by molar-refractivity contribution is 6.04. The first-order valence-corrected chi connectivity index (χ1v) is 18.9. The molecule has 9 rings (SSSR count). The lowest BCUT2D eigenvalue weighted by atomic mass is 9.95. The van der Waals surface area contributed by atoms with Crippen LogP contribution in [0, 0.1) is 0 Å². The van der Waals surface area contributed by atoms with E-state index in [4.69, 9.17) is 25.1 Å². The van der Waals surface area contributed by atoms with Crippen molar-refractivity contribution in [3.05, 3.63) is 84.7 Å². The van der Waals surface area contributed by atoms with Crippen LogP contribution in [0.3, 0.4) is 0 Å². The summed E-state index contributed by atoms with van der Waals surface area (Å²) in [6.07, 6.45) is 2.32. The maximum atomic E-state index is 11.5. The fourth-order valence-electron chi connectivity index (χ4n) is 8.01. The van der Waals surface area contributed by atoms with Crippen molar-refractivity contribution in [3.8, 4) is 22.3 Å². The van der Waals surface area contributed by atoms with Gasteiger partial charge in [-0.15, -0.1) is 0 Å². The summed E-state index contributed by atoms with van der Waals surface area (Å²) >= 11 is 0. The second-order valence-electron chi connectivity index (χ2n) is 15.0. The molecule has 3 aliphatic rings. The number of rotatable bonds is 6. The highest BCUT2D eigenvalue weighted by Gasteiger charge is 2.54. The van der Waals surface area contributed by atoms with Gasteiger partial charge < -0.3 is 60.3 Å². The quantitative estimate of drug-likeness (QED) is 0.111. The topological polar surface area (TPSA) is 273 Å². The molecule has 318 valence electrons. The number of aliphatic hydroxyl groups is 5. The van der Waals surface area contributed by atoms with Gasteiger partial charge in [0.1, 0.15) is 65.1 Å². The van der Waals surface area contributed by atoms with Crippen LogP contribution in [-0.4, -0.2) is 114 Å². The van der Waals surface area contributed by atoms with Gasteiger partial charge >= 0.3 is 0 Å². The van der Waals surface area contributed by atoms with Crippen LogP contribution in [0.4, 0.5) is 11.6 Å². The Labute approximate surface area is 344 Å². The minimum atomic E-state index is -1.58. The van der Waals surface area contributed by atoms with Gasteiger partial charge in [0.25, 0.3) is 5.97 Å². The molecule has 2 unspecified atom stereocenters. The molecule has 0 saturated carbocycles. The number of aromatic nitrogens is 6. The molecule has 0 bridgehead atoms. The molecule has 6 aromatic rings. The van der Waals surface area contributed by atoms with E-state index < -0.39 is 54.0 Å². The standard InChI is InChI=1S/C20H22N4O4.C19H20N4O4.C2H4O2.CH4/c1-3-14-16(26)20(2,27)19(28-14)24-8-13(12-7-5-4-6-11(12)9-25)15-17(21)22-10-23-18(15)24;1-19(26)15(25)13(8-24)27-18(19)23-7-12-11-5-3-2-4-10(11)6-20-16-14(12)17(23)22-9-21-16;1-2(3)4;/h4-10,14,16,19,26-27H,3H2,1-2H3,(H2,21,22,23);2-5,7,9,13,15,18,24-26H,6,8H2,1H3,(H,20,21,22);1H3,(H,3,4);1H4/t14-,16-,19?,20-;13-,15-,18?,19-;;/m11../s1. The first kappa shape index (κ1) is 43.7. The maximum absolute atomic E-state index is 11.5. The largest absolute Gasteiger partial charge is 0.481 e. The third kappa shape index (κ3) is 7.47. The minimum Gasteiger partial charge on any atom is -0.481 e. The number of anilines is 2. The molecule has 2 saturated heterocycles. The maximum Gasteiger partial charge on any atom is 0.300 e. The molecule has 3 aliphatic heterocycles. The van der Waals surface area contributed by atoms with E-state index in [0.29, 0.717) is 52.2 Å². The number of nitrogens with two attached hydrogens (primary N) is 1. The number of hydrogen-bond acceptors (Lipinski definition) is 15. The predicted molar refractivity (Wildman–Crippen MR) is 222 cm³/mol. The first-order chi connectivity index (χ1) is 28.1. The molecular weight excluding hydrogens is 777 g/mol. The summed E-state index contributed by atoms with van der Waals surface area (Å²) < 4.78 is 15.1. The zero-order valence-corrected chi connectivity index (χ0v) is 32.7. The zero-order valence-electron chi connectivity index (χ0n) is 32.7. The number of nitrogens with one attached hydrogen (secondary N) is 1. The van der Waals surface area contributed by atoms with Gasteiger partial charge in [0.15, 0.2) is 18.7 Å². The Balaban J connectivity index is 0.000000182. The van der Waals surface area contributed by atoms with Crippen molar-refractivity contribution in [1.82, 2.24) is 29.1 Å². The van der Waals surface area contributed by atoms with Gasteiger partial charge in [0.05, 0.1) is 23.5 Å². The Kier molecular flexibility index (Phi) is 12.4. The van der Waals surface area contributed by atoms with Crippen molar-refractivity contribution in [2.75, 3.05) is 17.7 Å². The summed E-state index contributed by atoms with van der Waals surface area (Å²) in [6, 6.07) is 15.2. The number of aldehydes is 1. The van der Waals surface area contributed by atoms with Gasteiger partial charge in [-0.25, -0.2) is 19.9 Å². The lowest BCUT2D eigenvalue weighted by Crippen LogP contribution is -2.44. The number of hydrogen-bond donors (Lipinski definition) is 8. The number of carbonyl (C=O) groups excluding carboxylic acids is 1. The van der Waals surface area contributed by atoms with Crippen LogP contribution in [0.25, 0.3) is 44.3 Å². The van der Waals surface area contributed by atoms with Crippen LogP contribution in [0.2, 0.25) is 0 Å². The van der Waals surface area contributed by atoms with Crippen LogP contribution in [0.1, 0.15) is 69.9 Å². The van der Waals surface area contributed by atoms with Crippen LogP contribution < -0.4 is 11.1 Å². The third-order valence-corrected chi connectivity index (χ3v) is 11.0. The zero-order chi connectivity index (χ0) is 42.4. The summed E-state index contributed by atoms with van der Waals surface area (Å²) in [5.74, 6) is 0.131. The van der Waals surface area contributed by atoms with Crippen LogP contribution in [0.15, 0.2) is 73.6 Å². The van der Waals surface area contributed by atoms with E-state index in [1.165, 1.54) is 26.5 Å². The molecule has 2 fully saturated rings. The number of nitrogen functional groups attached to an aromatic ring is 1. The van der Waals surface area contributed by atoms with Crippen molar-refractivity contribution in [2.24, 2.45) is 0 Å². The Morgan fingerprint density at radius 2 is 1.37 bits per heavy atom. The Bertz CT molecular complexity index is 2520. The lowest BCUT2D eigenvalue weighted by molar-refractivity contribution is -0.134. The lowest BCUT2D eigenvalue weighted by Gasteiger charge is -2.27. The Hall–Kier alpha value is -5.86. The number of carboxylic acids is 1. The smallest absolute Gasteiger partial charge is 0.300 e. The fourth-order valence-corrected chi connectivity index (χ4v) is 8.01. The number of carboxylic acid groups (broad SMARTS) is 1. The predicted octanol–water partition coefficient (Wildman–Crippen LogP) is 3.66. The third-order valence-electron chi connectivity index (χ3n) is 11.0.